The van der Waals surface area contributed by atoms with E-state index < -0.39 is 0 Å². The fourth-order valence-electron chi connectivity index (χ4n) is 1.34. The Hall–Kier alpha value is -0.955. The minimum Gasteiger partial charge on any atom is -0.395 e. The highest BCUT2D eigenvalue weighted by atomic mass is 16.3. The number of rotatable bonds is 3. The van der Waals surface area contributed by atoms with E-state index >= 15 is 0 Å². The van der Waals surface area contributed by atoms with Gasteiger partial charge in [0, 0.05) is 12.2 Å². The van der Waals surface area contributed by atoms with Crippen molar-refractivity contribution < 1.29 is 5.11 Å². The van der Waals surface area contributed by atoms with Crippen LogP contribution in [-0.4, -0.2) is 26.1 Å². The summed E-state index contributed by atoms with van der Waals surface area (Å²) in [6, 6.07) is 4.22. The molecule has 0 unspecified atom stereocenters. The minimum atomic E-state index is 0.173. The maximum Gasteiger partial charge on any atom is 0.139 e. The summed E-state index contributed by atoms with van der Waals surface area (Å²) in [6.07, 6.45) is 0. The first kappa shape index (κ1) is 10.1. The summed E-state index contributed by atoms with van der Waals surface area (Å²) in [6.45, 7) is 4.99. The topological polar surface area (TPSA) is 32.3 Å². The van der Waals surface area contributed by atoms with E-state index in [1.54, 1.807) is 0 Å². The van der Waals surface area contributed by atoms with Gasteiger partial charge in [0.1, 0.15) is 7.85 Å². The summed E-state index contributed by atoms with van der Waals surface area (Å²) >= 11 is 0. The Labute approximate surface area is 80.4 Å². The Kier molecular flexibility index (Phi) is 3.37. The average Bonchev–Trinajstić information content (AvgIpc) is 2.10. The summed E-state index contributed by atoms with van der Waals surface area (Å²) in [5.74, 6) is 0. The first-order chi connectivity index (χ1) is 6.15. The average molecular weight is 177 g/mol. The van der Waals surface area contributed by atoms with Crippen molar-refractivity contribution in [3.63, 3.8) is 0 Å². The van der Waals surface area contributed by atoms with Gasteiger partial charge in [-0.3, -0.25) is 0 Å². The predicted octanol–water partition coefficient (Wildman–Crippen LogP) is -0.0340. The Morgan fingerprint density at radius 3 is 2.31 bits per heavy atom. The van der Waals surface area contributed by atoms with Crippen LogP contribution in [0.15, 0.2) is 12.1 Å². The van der Waals surface area contributed by atoms with E-state index in [1.807, 2.05) is 0 Å². The summed E-state index contributed by atoms with van der Waals surface area (Å²) in [5.41, 5.74) is 5.02. The zero-order chi connectivity index (χ0) is 9.84. The van der Waals surface area contributed by atoms with Crippen LogP contribution in [0.5, 0.6) is 0 Å². The molecule has 3 heteroatoms. The molecule has 0 saturated carbocycles. The number of anilines is 1. The zero-order valence-corrected chi connectivity index (χ0v) is 8.52. The van der Waals surface area contributed by atoms with Crippen molar-refractivity contribution in [3.05, 3.63) is 23.3 Å². The number of hydrogen-bond donors (Lipinski definition) is 2. The van der Waals surface area contributed by atoms with Gasteiger partial charge in [0.25, 0.3) is 0 Å². The molecule has 1 aromatic carbocycles. The quantitative estimate of drug-likeness (QED) is 0.635. The second-order valence-corrected chi connectivity index (χ2v) is 3.39. The van der Waals surface area contributed by atoms with E-state index in [0.29, 0.717) is 6.54 Å². The maximum absolute atomic E-state index is 8.66. The van der Waals surface area contributed by atoms with Gasteiger partial charge in [-0.25, -0.2) is 0 Å². The van der Waals surface area contributed by atoms with E-state index in [2.05, 4.69) is 39.1 Å². The van der Waals surface area contributed by atoms with Crippen LogP contribution in [0.2, 0.25) is 0 Å². The molecule has 0 bridgehead atoms. The molecule has 2 N–H and O–H groups in total. The summed E-state index contributed by atoms with van der Waals surface area (Å²) in [7, 11) is 2.13. The van der Waals surface area contributed by atoms with Crippen molar-refractivity contribution in [1.82, 2.24) is 0 Å². The van der Waals surface area contributed by atoms with Crippen LogP contribution >= 0.6 is 0 Å². The normalized spacial score (nSPS) is 10.1. The molecular weight excluding hydrogens is 161 g/mol. The zero-order valence-electron chi connectivity index (χ0n) is 8.52. The van der Waals surface area contributed by atoms with Crippen molar-refractivity contribution in [3.8, 4) is 0 Å². The molecule has 0 amide bonds. The minimum absolute atomic E-state index is 0.173. The summed E-state index contributed by atoms with van der Waals surface area (Å²) < 4.78 is 0. The van der Waals surface area contributed by atoms with Gasteiger partial charge in [-0.2, -0.15) is 0 Å². The van der Waals surface area contributed by atoms with Crippen LogP contribution in [0.25, 0.3) is 0 Å². The Morgan fingerprint density at radius 1 is 1.31 bits per heavy atom. The lowest BCUT2D eigenvalue weighted by molar-refractivity contribution is 0.311. The van der Waals surface area contributed by atoms with Crippen molar-refractivity contribution in [2.24, 2.45) is 0 Å². The highest BCUT2D eigenvalue weighted by molar-refractivity contribution is 6.34. The predicted molar refractivity (Wildman–Crippen MR) is 59.7 cm³/mol. The van der Waals surface area contributed by atoms with Gasteiger partial charge in [-0.1, -0.05) is 16.6 Å². The van der Waals surface area contributed by atoms with E-state index in [4.69, 9.17) is 5.11 Å². The number of aryl methyl sites for hydroxylation is 2. The van der Waals surface area contributed by atoms with E-state index in [0.717, 1.165) is 5.69 Å². The van der Waals surface area contributed by atoms with Crippen molar-refractivity contribution >= 4 is 19.0 Å². The van der Waals surface area contributed by atoms with Crippen LogP contribution < -0.4 is 10.8 Å². The monoisotopic (exact) mass is 177 g/mol. The van der Waals surface area contributed by atoms with Gasteiger partial charge in [0.2, 0.25) is 0 Å². The molecule has 1 aromatic rings. The third-order valence-corrected chi connectivity index (χ3v) is 2.37. The molecule has 0 aromatic heterocycles. The van der Waals surface area contributed by atoms with Crippen LogP contribution in [0.3, 0.4) is 0 Å². The van der Waals surface area contributed by atoms with Gasteiger partial charge in [-0.15, -0.1) is 0 Å². The molecule has 0 atom stereocenters. The molecule has 0 aliphatic carbocycles. The molecule has 0 spiro atoms. The Balaban J connectivity index is 2.86. The van der Waals surface area contributed by atoms with Gasteiger partial charge in [0.05, 0.1) is 6.61 Å². The molecule has 0 fully saturated rings. The standard InChI is InChI=1S/C10H16BNO/c1-7-5-9(12-3-4-13)6-8(2)10(7)11/h5-6,12-13H,3-4,11H2,1-2H3. The fourth-order valence-corrected chi connectivity index (χ4v) is 1.34. The molecule has 0 saturated heterocycles. The lowest BCUT2D eigenvalue weighted by Crippen LogP contribution is -2.13. The maximum atomic E-state index is 8.66. The molecule has 1 rings (SSSR count). The summed E-state index contributed by atoms with van der Waals surface area (Å²) in [4.78, 5) is 0. The number of benzene rings is 1. The molecule has 0 aliphatic rings. The van der Waals surface area contributed by atoms with Gasteiger partial charge >= 0.3 is 0 Å². The SMILES string of the molecule is Bc1c(C)cc(NCCO)cc1C. The van der Waals surface area contributed by atoms with E-state index in [9.17, 15) is 0 Å². The highest BCUT2D eigenvalue weighted by Crippen LogP contribution is 2.10. The molecule has 0 heterocycles. The molecular formula is C10H16BNO. The lowest BCUT2D eigenvalue weighted by Gasteiger charge is -2.10. The van der Waals surface area contributed by atoms with Gasteiger partial charge in [0.15, 0.2) is 0 Å². The summed E-state index contributed by atoms with van der Waals surface area (Å²) in [5, 5.41) is 11.8. The van der Waals surface area contributed by atoms with Crippen LogP contribution in [0, 0.1) is 13.8 Å². The number of nitrogens with one attached hydrogen (secondary N) is 1. The van der Waals surface area contributed by atoms with Crippen LogP contribution in [0.4, 0.5) is 5.69 Å². The van der Waals surface area contributed by atoms with Gasteiger partial charge in [-0.05, 0) is 26.0 Å². The number of aliphatic hydroxyl groups excluding tert-OH is 1. The molecule has 0 aliphatic heterocycles. The first-order valence-corrected chi connectivity index (χ1v) is 4.57. The third-order valence-electron chi connectivity index (χ3n) is 2.37. The molecule has 2 nitrogen and oxygen atoms in total. The Morgan fingerprint density at radius 2 is 1.85 bits per heavy atom. The van der Waals surface area contributed by atoms with Crippen molar-refractivity contribution in [2.45, 2.75) is 13.8 Å². The lowest BCUT2D eigenvalue weighted by atomic mass is 9.86. The molecule has 70 valence electrons. The number of aliphatic hydroxyl groups is 1. The highest BCUT2D eigenvalue weighted by Gasteiger charge is 1.99. The van der Waals surface area contributed by atoms with Crippen molar-refractivity contribution in [2.75, 3.05) is 18.5 Å². The van der Waals surface area contributed by atoms with Crippen LogP contribution in [-0.2, 0) is 0 Å². The fraction of sp³-hybridized carbons (Fsp3) is 0.400. The second kappa shape index (κ2) is 4.33. The third kappa shape index (κ3) is 2.49. The van der Waals surface area contributed by atoms with Crippen LogP contribution in [0.1, 0.15) is 11.1 Å². The van der Waals surface area contributed by atoms with Crippen molar-refractivity contribution in [1.29, 1.82) is 0 Å². The van der Waals surface area contributed by atoms with Gasteiger partial charge < -0.3 is 10.4 Å². The van der Waals surface area contributed by atoms with E-state index in [1.165, 1.54) is 16.6 Å². The molecule has 0 radical (unpaired) electrons. The number of hydrogen-bond acceptors (Lipinski definition) is 2. The Bertz CT molecular complexity index is 276. The second-order valence-electron chi connectivity index (χ2n) is 3.39. The largest absolute Gasteiger partial charge is 0.395 e. The molecule has 13 heavy (non-hydrogen) atoms. The first-order valence-electron chi connectivity index (χ1n) is 4.57. The smallest absolute Gasteiger partial charge is 0.139 e. The van der Waals surface area contributed by atoms with E-state index in [-0.39, 0.29) is 6.61 Å².